The number of H-pyrrole nitrogens is 1. The Balaban J connectivity index is 1.73. The molecule has 130 valence electrons. The molecule has 0 saturated carbocycles. The van der Waals surface area contributed by atoms with Gasteiger partial charge in [0.05, 0.1) is 18.3 Å². The van der Waals surface area contributed by atoms with E-state index < -0.39 is 6.03 Å². The molecule has 0 aliphatic rings. The van der Waals surface area contributed by atoms with Crippen molar-refractivity contribution in [3.05, 3.63) is 48.7 Å². The van der Waals surface area contributed by atoms with Crippen LogP contribution in [0.2, 0.25) is 0 Å². The quantitative estimate of drug-likeness (QED) is 0.446. The number of nitrogens with two attached hydrogens (primary N) is 1. The van der Waals surface area contributed by atoms with Gasteiger partial charge in [-0.15, -0.1) is 11.3 Å². The third kappa shape index (κ3) is 3.09. The average molecular weight is 365 g/mol. The minimum absolute atomic E-state index is 0.184. The van der Waals surface area contributed by atoms with Crippen LogP contribution in [-0.4, -0.2) is 28.7 Å². The molecule has 0 bridgehead atoms. The van der Waals surface area contributed by atoms with Crippen LogP contribution in [0.25, 0.3) is 31.4 Å². The molecule has 5 N–H and O–H groups in total. The number of primary amides is 1. The number of nitrogens with one attached hydrogen (secondary N) is 3. The highest BCUT2D eigenvalue weighted by molar-refractivity contribution is 7.22. The molecule has 8 heteroatoms. The average Bonchev–Trinajstić information content (AvgIpc) is 3.25. The van der Waals surface area contributed by atoms with Crippen molar-refractivity contribution in [2.24, 2.45) is 5.73 Å². The minimum atomic E-state index is -0.739. The van der Waals surface area contributed by atoms with E-state index >= 15 is 0 Å². The van der Waals surface area contributed by atoms with Crippen molar-refractivity contribution in [2.75, 3.05) is 11.9 Å². The van der Waals surface area contributed by atoms with E-state index in [9.17, 15) is 9.59 Å². The Bertz CT molecular complexity index is 1100. The lowest BCUT2D eigenvalue weighted by molar-refractivity contribution is -0.115. The predicted molar refractivity (Wildman–Crippen MR) is 103 cm³/mol. The fraction of sp³-hybridized carbons (Fsp3) is 0.0556. The monoisotopic (exact) mass is 365 g/mol. The second kappa shape index (κ2) is 6.49. The Morgan fingerprint density at radius 1 is 1.15 bits per heavy atom. The molecule has 0 radical (unpaired) electrons. The minimum Gasteiger partial charge on any atom is -0.352 e. The molecule has 26 heavy (non-hydrogen) atoms. The third-order valence-electron chi connectivity index (χ3n) is 3.95. The summed E-state index contributed by atoms with van der Waals surface area (Å²) in [5, 5.41) is 14.2. The van der Waals surface area contributed by atoms with Crippen LogP contribution in [0.15, 0.2) is 48.7 Å². The van der Waals surface area contributed by atoms with E-state index in [4.69, 9.17) is 5.73 Å². The van der Waals surface area contributed by atoms with Crippen LogP contribution in [0, 0.1) is 0 Å². The highest BCUT2D eigenvalue weighted by atomic mass is 32.1. The normalized spacial score (nSPS) is 10.9. The van der Waals surface area contributed by atoms with E-state index in [0.717, 1.165) is 21.3 Å². The molecular formula is C18H15N5O2S. The first-order valence-electron chi connectivity index (χ1n) is 7.89. The molecule has 0 spiro atoms. The van der Waals surface area contributed by atoms with Gasteiger partial charge in [0, 0.05) is 26.2 Å². The van der Waals surface area contributed by atoms with E-state index in [2.05, 4.69) is 39.0 Å². The van der Waals surface area contributed by atoms with Gasteiger partial charge in [0.2, 0.25) is 5.91 Å². The number of urea groups is 1. The smallest absolute Gasteiger partial charge is 0.312 e. The number of carbonyl (C=O) groups is 2. The van der Waals surface area contributed by atoms with Crippen LogP contribution in [0.1, 0.15) is 0 Å². The third-order valence-corrected chi connectivity index (χ3v) is 5.10. The number of amides is 3. The summed E-state index contributed by atoms with van der Waals surface area (Å²) < 4.78 is 1.19. The number of thiophene rings is 1. The standard InChI is InChI=1S/C18H15N5O2S/c19-18(25)20-9-16(24)22-12-5-11-8-21-23-17(11)13(7-12)15-6-10-3-1-2-4-14(10)26-15/h1-8H,9H2,(H,21,23)(H,22,24)(H3,19,20,25). The number of hydrogen-bond donors (Lipinski definition) is 4. The molecule has 4 aromatic rings. The van der Waals surface area contributed by atoms with Gasteiger partial charge in [0.15, 0.2) is 0 Å². The fourth-order valence-electron chi connectivity index (χ4n) is 2.81. The molecule has 0 saturated heterocycles. The van der Waals surface area contributed by atoms with Gasteiger partial charge in [0.1, 0.15) is 0 Å². The molecular weight excluding hydrogens is 350 g/mol. The Hall–Kier alpha value is -3.39. The highest BCUT2D eigenvalue weighted by Crippen LogP contribution is 2.38. The lowest BCUT2D eigenvalue weighted by Gasteiger charge is -2.08. The number of carbonyl (C=O) groups excluding carboxylic acids is 2. The number of aromatic amines is 1. The molecule has 0 aliphatic heterocycles. The molecule has 0 fully saturated rings. The molecule has 7 nitrogen and oxygen atoms in total. The van der Waals surface area contributed by atoms with E-state index in [0.29, 0.717) is 5.69 Å². The van der Waals surface area contributed by atoms with E-state index in [-0.39, 0.29) is 12.5 Å². The van der Waals surface area contributed by atoms with E-state index in [1.54, 1.807) is 17.5 Å². The summed E-state index contributed by atoms with van der Waals surface area (Å²) in [5.41, 5.74) is 7.48. The van der Waals surface area contributed by atoms with Gasteiger partial charge < -0.3 is 16.4 Å². The number of benzene rings is 2. The highest BCUT2D eigenvalue weighted by Gasteiger charge is 2.13. The van der Waals surface area contributed by atoms with Gasteiger partial charge in [-0.05, 0) is 29.7 Å². The van der Waals surface area contributed by atoms with Crippen molar-refractivity contribution in [1.29, 1.82) is 0 Å². The summed E-state index contributed by atoms with van der Waals surface area (Å²) in [6.07, 6.45) is 1.71. The van der Waals surface area contributed by atoms with Crippen molar-refractivity contribution in [3.63, 3.8) is 0 Å². The molecule has 3 amide bonds. The van der Waals surface area contributed by atoms with Crippen LogP contribution in [0.5, 0.6) is 0 Å². The zero-order chi connectivity index (χ0) is 18.1. The molecule has 0 aliphatic carbocycles. The lowest BCUT2D eigenvalue weighted by atomic mass is 10.1. The zero-order valence-electron chi connectivity index (χ0n) is 13.6. The van der Waals surface area contributed by atoms with Gasteiger partial charge in [0.25, 0.3) is 0 Å². The van der Waals surface area contributed by atoms with Gasteiger partial charge in [-0.3, -0.25) is 9.89 Å². The molecule has 2 heterocycles. The van der Waals surface area contributed by atoms with Crippen LogP contribution < -0.4 is 16.4 Å². The van der Waals surface area contributed by atoms with Gasteiger partial charge >= 0.3 is 6.03 Å². The number of rotatable bonds is 4. The van der Waals surface area contributed by atoms with Crippen molar-refractivity contribution in [1.82, 2.24) is 15.5 Å². The van der Waals surface area contributed by atoms with Crippen molar-refractivity contribution >= 4 is 50.0 Å². The summed E-state index contributed by atoms with van der Waals surface area (Å²) in [5.74, 6) is -0.353. The van der Waals surface area contributed by atoms with Crippen LogP contribution in [0.3, 0.4) is 0 Å². The van der Waals surface area contributed by atoms with Crippen LogP contribution in [0.4, 0.5) is 10.5 Å². The molecule has 4 rings (SSSR count). The summed E-state index contributed by atoms with van der Waals surface area (Å²) in [7, 11) is 0. The second-order valence-corrected chi connectivity index (χ2v) is 6.86. The first-order chi connectivity index (χ1) is 12.6. The maximum Gasteiger partial charge on any atom is 0.312 e. The maximum atomic E-state index is 12.0. The molecule has 0 atom stereocenters. The van der Waals surface area contributed by atoms with Crippen molar-refractivity contribution < 1.29 is 9.59 Å². The SMILES string of the molecule is NC(=O)NCC(=O)Nc1cc(-c2cc3ccccc3s2)c2[nH]ncc2c1. The van der Waals surface area contributed by atoms with Crippen molar-refractivity contribution in [2.45, 2.75) is 0 Å². The summed E-state index contributed by atoms with van der Waals surface area (Å²) in [4.78, 5) is 23.8. The van der Waals surface area contributed by atoms with Crippen LogP contribution >= 0.6 is 11.3 Å². The number of nitrogens with zero attached hydrogens (tertiary/aromatic N) is 1. The maximum absolute atomic E-state index is 12.0. The zero-order valence-corrected chi connectivity index (χ0v) is 14.4. The number of anilines is 1. The Morgan fingerprint density at radius 2 is 2.00 bits per heavy atom. The largest absolute Gasteiger partial charge is 0.352 e. The molecule has 0 unspecified atom stereocenters. The first-order valence-corrected chi connectivity index (χ1v) is 8.71. The van der Waals surface area contributed by atoms with Crippen molar-refractivity contribution in [3.8, 4) is 10.4 Å². The number of fused-ring (bicyclic) bond motifs is 2. The fourth-order valence-corrected chi connectivity index (χ4v) is 3.90. The Kier molecular flexibility index (Phi) is 4.02. The number of hydrogen-bond acceptors (Lipinski definition) is 4. The predicted octanol–water partition coefficient (Wildman–Crippen LogP) is 3.05. The summed E-state index contributed by atoms with van der Waals surface area (Å²) in [6, 6.07) is 13.3. The van der Waals surface area contributed by atoms with Gasteiger partial charge in [-0.2, -0.15) is 5.10 Å². The topological polar surface area (TPSA) is 113 Å². The van der Waals surface area contributed by atoms with Crippen LogP contribution in [-0.2, 0) is 4.79 Å². The summed E-state index contributed by atoms with van der Waals surface area (Å²) in [6.45, 7) is -0.184. The van der Waals surface area contributed by atoms with Gasteiger partial charge in [-0.1, -0.05) is 18.2 Å². The summed E-state index contributed by atoms with van der Waals surface area (Å²) >= 11 is 1.68. The van der Waals surface area contributed by atoms with Gasteiger partial charge in [-0.25, -0.2) is 4.79 Å². The Labute approximate surface area is 152 Å². The van der Waals surface area contributed by atoms with E-state index in [1.807, 2.05) is 24.3 Å². The molecule has 2 aromatic carbocycles. The lowest BCUT2D eigenvalue weighted by Crippen LogP contribution is -2.36. The molecule has 2 aromatic heterocycles. The Morgan fingerprint density at radius 3 is 2.81 bits per heavy atom. The number of aromatic nitrogens is 2. The first kappa shape index (κ1) is 16.1. The second-order valence-electron chi connectivity index (χ2n) is 5.77. The van der Waals surface area contributed by atoms with E-state index in [1.165, 1.54) is 10.1 Å².